The van der Waals surface area contributed by atoms with E-state index in [1.54, 1.807) is 0 Å². The average molecular weight is 691 g/mol. The lowest BCUT2D eigenvalue weighted by atomic mass is 9.65. The Hall–Kier alpha value is -6.24. The molecule has 0 saturated heterocycles. The predicted octanol–water partition coefficient (Wildman–Crippen LogP) is 14.4. The monoisotopic (exact) mass is 690 g/mol. The van der Waals surface area contributed by atoms with E-state index < -0.39 is 0 Å². The summed E-state index contributed by atoms with van der Waals surface area (Å²) in [5.74, 6) is 0.542. The molecular weight excluding hydrogens is 649 g/mol. The molecule has 2 atom stereocenters. The number of hydrogen-bond acceptors (Lipinski definition) is 0. The Labute approximate surface area is 319 Å². The molecule has 0 N–H and O–H groups in total. The van der Waals surface area contributed by atoms with Crippen LogP contribution in [0.5, 0.6) is 0 Å². The maximum atomic E-state index is 4.12. The molecule has 0 amide bonds. The first-order chi connectivity index (χ1) is 26.4. The molecule has 0 aromatic heterocycles. The molecule has 7 aromatic rings. The normalized spacial score (nSPS) is 18.1. The third-order valence-electron chi connectivity index (χ3n) is 12.3. The minimum Gasteiger partial charge on any atom is -0.0984 e. The second kappa shape index (κ2) is 12.4. The molecule has 0 nitrogen and oxygen atoms in total. The Kier molecular flexibility index (Phi) is 7.46. The second-order valence-corrected chi connectivity index (χ2v) is 15.4. The van der Waals surface area contributed by atoms with Gasteiger partial charge in [0.25, 0.3) is 0 Å². The summed E-state index contributed by atoms with van der Waals surface area (Å²) in [5.41, 5.74) is 21.5. The zero-order valence-electron chi connectivity index (χ0n) is 31.2. The number of benzene rings is 7. The smallest absolute Gasteiger partial charge is 0.0710 e. The fourth-order valence-electron chi connectivity index (χ4n) is 9.58. The summed E-state index contributed by atoms with van der Waals surface area (Å²) in [6.07, 6.45) is 10.3. The van der Waals surface area contributed by atoms with Crippen LogP contribution >= 0.6 is 0 Å². The molecule has 0 heterocycles. The summed E-state index contributed by atoms with van der Waals surface area (Å²) in [6, 6.07) is 54.9. The SMILES string of the molecule is C=CC1=C(C)c2cccc3c(-c4cccc(-c5ccc(-c6ccc7c(c6)C(C6=CCC(C)C=C6)(c6ccc(C)cc6)c6ccccc6-7)cc5)c4)ccc1c23. The Morgan fingerprint density at radius 2 is 1.22 bits per heavy atom. The van der Waals surface area contributed by atoms with Crippen molar-refractivity contribution in [2.45, 2.75) is 32.6 Å². The van der Waals surface area contributed by atoms with E-state index in [1.807, 2.05) is 6.08 Å². The van der Waals surface area contributed by atoms with Crippen LogP contribution in [0.3, 0.4) is 0 Å². The van der Waals surface area contributed by atoms with E-state index in [9.17, 15) is 0 Å². The lowest BCUT2D eigenvalue weighted by molar-refractivity contribution is 0.691. The average Bonchev–Trinajstić information content (AvgIpc) is 3.68. The number of fused-ring (bicyclic) bond motifs is 3. The summed E-state index contributed by atoms with van der Waals surface area (Å²) in [6.45, 7) is 10.8. The van der Waals surface area contributed by atoms with E-state index in [2.05, 4.69) is 191 Å². The van der Waals surface area contributed by atoms with E-state index in [1.165, 1.54) is 105 Å². The minimum absolute atomic E-state index is 0.378. The number of rotatable bonds is 6. The Morgan fingerprint density at radius 1 is 0.574 bits per heavy atom. The summed E-state index contributed by atoms with van der Waals surface area (Å²) < 4.78 is 0. The summed E-state index contributed by atoms with van der Waals surface area (Å²) >= 11 is 0. The van der Waals surface area contributed by atoms with Gasteiger partial charge in [-0.05, 0) is 138 Å². The lowest BCUT2D eigenvalue weighted by Crippen LogP contribution is -2.30. The van der Waals surface area contributed by atoms with Crippen LogP contribution < -0.4 is 0 Å². The predicted molar refractivity (Wildman–Crippen MR) is 230 cm³/mol. The van der Waals surface area contributed by atoms with Gasteiger partial charge in [0.05, 0.1) is 5.41 Å². The quantitative estimate of drug-likeness (QED) is 0.163. The van der Waals surface area contributed by atoms with Gasteiger partial charge in [0.15, 0.2) is 0 Å². The maximum Gasteiger partial charge on any atom is 0.0710 e. The third-order valence-corrected chi connectivity index (χ3v) is 12.3. The van der Waals surface area contributed by atoms with E-state index in [4.69, 9.17) is 0 Å². The first-order valence-electron chi connectivity index (χ1n) is 19.3. The summed E-state index contributed by atoms with van der Waals surface area (Å²) in [4.78, 5) is 0. The highest BCUT2D eigenvalue weighted by molar-refractivity contribution is 6.18. The molecule has 0 saturated carbocycles. The van der Waals surface area contributed by atoms with Gasteiger partial charge in [-0.2, -0.15) is 0 Å². The minimum atomic E-state index is -0.378. The van der Waals surface area contributed by atoms with Gasteiger partial charge >= 0.3 is 0 Å². The van der Waals surface area contributed by atoms with Crippen LogP contribution in [0.1, 0.15) is 53.6 Å². The standard InChI is InChI=1S/C54H42/c1-5-44-36(4)45-13-9-14-49-46(30-31-50(44)53(45)49)41-11-8-10-39(32-41)37-20-22-38(23-21-37)40-24-29-48-47-12-6-7-15-51(47)54(52(48)33-40,42-25-16-34(2)17-26-42)43-27-18-35(3)19-28-43/h5-18,20-33,35H,1,19H2,2-4H3. The van der Waals surface area contributed by atoms with Crippen molar-refractivity contribution in [3.05, 3.63) is 215 Å². The fourth-order valence-corrected chi connectivity index (χ4v) is 9.58. The molecule has 0 radical (unpaired) electrons. The van der Waals surface area contributed by atoms with Crippen LogP contribution in [0, 0.1) is 12.8 Å². The van der Waals surface area contributed by atoms with Gasteiger partial charge in [-0.25, -0.2) is 0 Å². The molecular formula is C54H42. The zero-order valence-corrected chi connectivity index (χ0v) is 31.2. The van der Waals surface area contributed by atoms with Crippen LogP contribution in [0.15, 0.2) is 182 Å². The van der Waals surface area contributed by atoms with Gasteiger partial charge in [-0.15, -0.1) is 0 Å². The Morgan fingerprint density at radius 3 is 1.98 bits per heavy atom. The van der Waals surface area contributed by atoms with Crippen molar-refractivity contribution in [3.8, 4) is 44.5 Å². The molecule has 3 aliphatic carbocycles. The fraction of sp³-hybridized carbons (Fsp3) is 0.111. The van der Waals surface area contributed by atoms with E-state index in [0.29, 0.717) is 5.92 Å². The largest absolute Gasteiger partial charge is 0.0984 e. The molecule has 54 heavy (non-hydrogen) atoms. The first kappa shape index (κ1) is 32.4. The molecule has 7 aromatic carbocycles. The van der Waals surface area contributed by atoms with E-state index >= 15 is 0 Å². The van der Waals surface area contributed by atoms with Gasteiger partial charge in [0.1, 0.15) is 0 Å². The van der Waals surface area contributed by atoms with Crippen molar-refractivity contribution >= 4 is 21.9 Å². The summed E-state index contributed by atoms with van der Waals surface area (Å²) in [7, 11) is 0. The van der Waals surface area contributed by atoms with Crippen LogP contribution in [0.25, 0.3) is 66.4 Å². The van der Waals surface area contributed by atoms with Crippen molar-refractivity contribution < 1.29 is 0 Å². The molecule has 258 valence electrons. The Balaban J connectivity index is 1.05. The topological polar surface area (TPSA) is 0 Å². The second-order valence-electron chi connectivity index (χ2n) is 15.4. The van der Waals surface area contributed by atoms with Gasteiger partial charge in [-0.3, -0.25) is 0 Å². The highest BCUT2D eigenvalue weighted by Crippen LogP contribution is 2.58. The molecule has 2 unspecified atom stereocenters. The molecule has 0 fully saturated rings. The third kappa shape index (κ3) is 4.76. The number of hydrogen-bond donors (Lipinski definition) is 0. The van der Waals surface area contributed by atoms with Gasteiger partial charge in [0.2, 0.25) is 0 Å². The van der Waals surface area contributed by atoms with Crippen molar-refractivity contribution in [1.82, 2.24) is 0 Å². The molecule has 0 heteroatoms. The molecule has 10 rings (SSSR count). The van der Waals surface area contributed by atoms with Crippen LogP contribution in [-0.2, 0) is 5.41 Å². The van der Waals surface area contributed by atoms with Crippen LogP contribution in [-0.4, -0.2) is 0 Å². The maximum absolute atomic E-state index is 4.12. The number of allylic oxidation sites excluding steroid dienone is 7. The van der Waals surface area contributed by atoms with Gasteiger partial charge in [0, 0.05) is 0 Å². The number of aryl methyl sites for hydroxylation is 1. The van der Waals surface area contributed by atoms with E-state index in [-0.39, 0.29) is 5.41 Å². The zero-order chi connectivity index (χ0) is 36.6. The van der Waals surface area contributed by atoms with Crippen LogP contribution in [0.2, 0.25) is 0 Å². The van der Waals surface area contributed by atoms with Crippen molar-refractivity contribution in [3.63, 3.8) is 0 Å². The lowest BCUT2D eigenvalue weighted by Gasteiger charge is -2.36. The highest BCUT2D eigenvalue weighted by atomic mass is 14.5. The van der Waals surface area contributed by atoms with Crippen molar-refractivity contribution in [2.24, 2.45) is 5.92 Å². The van der Waals surface area contributed by atoms with Crippen LogP contribution in [0.4, 0.5) is 0 Å². The molecule has 0 aliphatic heterocycles. The highest BCUT2D eigenvalue weighted by Gasteiger charge is 2.47. The van der Waals surface area contributed by atoms with Crippen molar-refractivity contribution in [1.29, 1.82) is 0 Å². The van der Waals surface area contributed by atoms with E-state index in [0.717, 1.165) is 6.42 Å². The molecule has 0 bridgehead atoms. The summed E-state index contributed by atoms with van der Waals surface area (Å²) in [5, 5.41) is 2.63. The molecule has 0 spiro atoms. The van der Waals surface area contributed by atoms with Gasteiger partial charge < -0.3 is 0 Å². The van der Waals surface area contributed by atoms with Crippen molar-refractivity contribution in [2.75, 3.05) is 0 Å². The Bertz CT molecular complexity index is 2760. The van der Waals surface area contributed by atoms with Gasteiger partial charge in [-0.1, -0.05) is 177 Å². The molecule has 3 aliphatic rings. The first-order valence-corrected chi connectivity index (χ1v) is 19.3.